The van der Waals surface area contributed by atoms with Crippen LogP contribution in [0.3, 0.4) is 0 Å². The molecule has 12 atom stereocenters. The molecular formula is C42H46N4O8S. The van der Waals surface area contributed by atoms with E-state index < -0.39 is 10.4 Å². The molecule has 13 heteroatoms. The van der Waals surface area contributed by atoms with Gasteiger partial charge >= 0.3 is 10.4 Å². The summed E-state index contributed by atoms with van der Waals surface area (Å²) in [6, 6.07) is 19.3. The van der Waals surface area contributed by atoms with Gasteiger partial charge in [-0.25, -0.2) is 0 Å². The lowest BCUT2D eigenvalue weighted by atomic mass is 9.53. The molecule has 288 valence electrons. The Morgan fingerprint density at radius 1 is 0.655 bits per heavy atom. The van der Waals surface area contributed by atoms with Gasteiger partial charge in [0.25, 0.3) is 0 Å². The van der Waals surface area contributed by atoms with Gasteiger partial charge in [-0.2, -0.15) is 8.42 Å². The lowest BCUT2D eigenvalue weighted by molar-refractivity contribution is -0.133. The Kier molecular flexibility index (Phi) is 6.96. The van der Waals surface area contributed by atoms with Crippen molar-refractivity contribution in [2.24, 2.45) is 23.7 Å². The van der Waals surface area contributed by atoms with E-state index in [9.17, 15) is 9.59 Å². The molecule has 0 radical (unpaired) electrons. The molecule has 2 amide bonds. The standard InChI is InChI=1S/2C21H22N2O2.H2O4S/c2*24-18-10-16-19-13-9-17-21(6-7-22(17)11-12(13)5-8-25-16)14-3-1-2-4-15(14)23(18)20(19)21;1-5(2,3)4/h2*1-5,13,16-17,19-20H,6-11H2;(H2,1,2,3,4)/t2*13-,16?,17-,19-,20?,21?;/m00./s1. The zero-order valence-electron chi connectivity index (χ0n) is 30.6. The predicted octanol–water partition coefficient (Wildman–Crippen LogP) is 3.53. The van der Waals surface area contributed by atoms with Crippen LogP contribution in [0.15, 0.2) is 71.8 Å². The summed E-state index contributed by atoms with van der Waals surface area (Å²) in [6.45, 7) is 5.94. The number of fused-ring (bicyclic) bond motifs is 4. The van der Waals surface area contributed by atoms with E-state index in [0.717, 1.165) is 13.1 Å². The van der Waals surface area contributed by atoms with Crippen LogP contribution in [0.5, 0.6) is 0 Å². The monoisotopic (exact) mass is 766 g/mol. The third kappa shape index (κ3) is 4.30. The molecule has 6 saturated heterocycles. The molecule has 2 spiro atoms. The van der Waals surface area contributed by atoms with Crippen molar-refractivity contribution in [3.8, 4) is 0 Å². The molecule has 2 N–H and O–H groups in total. The smallest absolute Gasteiger partial charge is 0.373 e. The van der Waals surface area contributed by atoms with Gasteiger partial charge in [0.1, 0.15) is 0 Å². The van der Waals surface area contributed by atoms with Crippen molar-refractivity contribution in [1.82, 2.24) is 9.80 Å². The summed E-state index contributed by atoms with van der Waals surface area (Å²) in [5.74, 6) is 2.70. The van der Waals surface area contributed by atoms with Crippen molar-refractivity contribution >= 4 is 33.6 Å². The fourth-order valence-corrected chi connectivity index (χ4v) is 15.0. The second-order valence-corrected chi connectivity index (χ2v) is 18.9. The quantitative estimate of drug-likeness (QED) is 0.303. The van der Waals surface area contributed by atoms with Gasteiger partial charge in [-0.1, -0.05) is 59.7 Å². The van der Waals surface area contributed by atoms with Crippen molar-refractivity contribution in [3.63, 3.8) is 0 Å². The Bertz CT molecular complexity index is 2080. The first-order chi connectivity index (χ1) is 26.6. The van der Waals surface area contributed by atoms with Gasteiger partial charge in [-0.05, 0) is 73.9 Å². The molecule has 8 fully saturated rings. The van der Waals surface area contributed by atoms with E-state index >= 15 is 0 Å². The Morgan fingerprint density at radius 3 is 1.51 bits per heavy atom. The molecule has 2 aromatic carbocycles. The Balaban J connectivity index is 0.000000109. The van der Waals surface area contributed by atoms with Crippen LogP contribution in [0.25, 0.3) is 0 Å². The Morgan fingerprint density at radius 2 is 1.07 bits per heavy atom. The van der Waals surface area contributed by atoms with Crippen molar-refractivity contribution in [3.05, 3.63) is 83.0 Å². The van der Waals surface area contributed by atoms with Crippen LogP contribution in [0.4, 0.5) is 11.4 Å². The topological polar surface area (TPSA) is 140 Å². The summed E-state index contributed by atoms with van der Waals surface area (Å²) in [7, 11) is -4.67. The zero-order chi connectivity index (χ0) is 37.2. The van der Waals surface area contributed by atoms with Crippen molar-refractivity contribution < 1.29 is 36.6 Å². The van der Waals surface area contributed by atoms with Crippen LogP contribution in [0.2, 0.25) is 0 Å². The van der Waals surface area contributed by atoms with Gasteiger partial charge in [0.05, 0.1) is 50.3 Å². The van der Waals surface area contributed by atoms with Crippen LogP contribution < -0.4 is 9.80 Å². The van der Waals surface area contributed by atoms with Crippen molar-refractivity contribution in [2.45, 2.75) is 85.7 Å². The highest BCUT2D eigenvalue weighted by atomic mass is 32.3. The van der Waals surface area contributed by atoms with Crippen LogP contribution in [-0.4, -0.2) is 115 Å². The van der Waals surface area contributed by atoms with E-state index in [2.05, 4.69) is 80.3 Å². The SMILES string of the molecule is O=C1CC2OCC=C3CN4CCC56c7ccccc7N1C5[C@H]2[C@H]3C[C@H]46.O=C1CC2OCC=C3CN4CCC56c7ccccc7N1C5[C@H]2[C@H]3C[C@H]46.O=S(=O)(O)O. The number of hydrogen-bond donors (Lipinski definition) is 2. The third-order valence-corrected chi connectivity index (χ3v) is 16.4. The van der Waals surface area contributed by atoms with Gasteiger partial charge < -0.3 is 19.3 Å². The van der Waals surface area contributed by atoms with Gasteiger partial charge in [0, 0.05) is 59.2 Å². The fraction of sp³-hybridized carbons (Fsp3) is 0.571. The summed E-state index contributed by atoms with van der Waals surface area (Å²) in [4.78, 5) is 36.2. The number of rotatable bonds is 0. The molecule has 0 aromatic heterocycles. The average molecular weight is 767 g/mol. The minimum atomic E-state index is -4.67. The molecule has 10 aliphatic heterocycles. The van der Waals surface area contributed by atoms with E-state index in [1.165, 1.54) is 61.3 Å². The first-order valence-electron chi connectivity index (χ1n) is 20.2. The first kappa shape index (κ1) is 33.7. The second-order valence-electron chi connectivity index (χ2n) is 18.0. The maximum atomic E-state index is 13.2. The van der Waals surface area contributed by atoms with E-state index in [0.29, 0.717) is 73.9 Å². The highest BCUT2D eigenvalue weighted by Crippen LogP contribution is 2.67. The minimum absolute atomic E-state index is 0.104. The number of hydrogen-bond acceptors (Lipinski definition) is 8. The van der Waals surface area contributed by atoms with Gasteiger partial charge in [-0.15, -0.1) is 0 Å². The molecular weight excluding hydrogens is 721 g/mol. The average Bonchev–Trinajstić information content (AvgIpc) is 3.84. The van der Waals surface area contributed by atoms with Crippen molar-refractivity contribution in [1.29, 1.82) is 0 Å². The molecule has 2 aromatic rings. The van der Waals surface area contributed by atoms with Crippen LogP contribution >= 0.6 is 0 Å². The van der Waals surface area contributed by atoms with Gasteiger partial charge in [-0.3, -0.25) is 28.5 Å². The third-order valence-electron chi connectivity index (χ3n) is 16.4. The number of amides is 2. The second kappa shape index (κ2) is 11.4. The van der Waals surface area contributed by atoms with Crippen LogP contribution in [-0.2, 0) is 40.3 Å². The summed E-state index contributed by atoms with van der Waals surface area (Å²) in [5, 5.41) is 0. The number of piperidine rings is 4. The summed E-state index contributed by atoms with van der Waals surface area (Å²) in [5.41, 5.74) is 8.71. The Labute approximate surface area is 320 Å². The molecule has 2 aliphatic carbocycles. The number of carbonyl (C=O) groups excluding carboxylic acids is 2. The predicted molar refractivity (Wildman–Crippen MR) is 201 cm³/mol. The molecule has 14 rings (SSSR count). The van der Waals surface area contributed by atoms with Gasteiger partial charge in [0.2, 0.25) is 11.8 Å². The largest absolute Gasteiger partial charge is 0.394 e. The van der Waals surface area contributed by atoms with Crippen LogP contribution in [0, 0.1) is 23.7 Å². The molecule has 2 saturated carbocycles. The maximum absolute atomic E-state index is 13.2. The molecule has 4 bridgehead atoms. The van der Waals surface area contributed by atoms with E-state index in [1.54, 1.807) is 11.1 Å². The first-order valence-corrected chi connectivity index (χ1v) is 21.6. The normalized spacial score (nSPS) is 42.8. The number of para-hydroxylation sites is 2. The van der Waals surface area contributed by atoms with E-state index in [1.807, 2.05) is 0 Å². The number of nitrogens with zero attached hydrogens (tertiary/aromatic N) is 4. The molecule has 6 unspecified atom stereocenters. The minimum Gasteiger partial charge on any atom is -0.373 e. The number of benzene rings is 2. The maximum Gasteiger partial charge on any atom is 0.394 e. The van der Waals surface area contributed by atoms with E-state index in [-0.39, 0.29) is 34.9 Å². The summed E-state index contributed by atoms with van der Waals surface area (Å²) < 4.78 is 44.1. The molecule has 12 nitrogen and oxygen atoms in total. The summed E-state index contributed by atoms with van der Waals surface area (Å²) >= 11 is 0. The van der Waals surface area contributed by atoms with E-state index in [4.69, 9.17) is 27.0 Å². The van der Waals surface area contributed by atoms with Gasteiger partial charge in [0.15, 0.2) is 0 Å². The molecule has 55 heavy (non-hydrogen) atoms. The Hall–Kier alpha value is -3.43. The highest BCUT2D eigenvalue weighted by Gasteiger charge is 2.72. The fourth-order valence-electron chi connectivity index (χ4n) is 15.0. The lowest BCUT2D eigenvalue weighted by Gasteiger charge is -2.58. The van der Waals surface area contributed by atoms with Crippen molar-refractivity contribution in [2.75, 3.05) is 49.2 Å². The lowest BCUT2D eigenvalue weighted by Crippen LogP contribution is -2.69. The zero-order valence-corrected chi connectivity index (χ0v) is 31.4. The molecule has 10 heterocycles. The number of anilines is 2. The van der Waals surface area contributed by atoms with Crippen LogP contribution in [0.1, 0.15) is 49.7 Å². The summed E-state index contributed by atoms with van der Waals surface area (Å²) in [6.07, 6.45) is 10.9. The molecule has 12 aliphatic rings. The number of carbonyl (C=O) groups is 2. The highest BCUT2D eigenvalue weighted by molar-refractivity contribution is 7.79. The number of ether oxygens (including phenoxy) is 2.